The first kappa shape index (κ1) is 18.9. The van der Waals surface area contributed by atoms with E-state index in [1.165, 1.54) is 0 Å². The molecule has 3 N–H and O–H groups in total. The van der Waals surface area contributed by atoms with Crippen LogP contribution in [0.15, 0.2) is 46.9 Å². The Morgan fingerprint density at radius 3 is 2.46 bits per heavy atom. The van der Waals surface area contributed by atoms with Gasteiger partial charge in [0.2, 0.25) is 0 Å². The van der Waals surface area contributed by atoms with Crippen LogP contribution in [0.1, 0.15) is 10.4 Å². The summed E-state index contributed by atoms with van der Waals surface area (Å²) in [4.78, 5) is 16.7. The first-order valence-electron chi connectivity index (χ1n) is 8.11. The zero-order valence-corrected chi connectivity index (χ0v) is 17.1. The van der Waals surface area contributed by atoms with Crippen molar-refractivity contribution in [1.29, 1.82) is 0 Å². The summed E-state index contributed by atoms with van der Waals surface area (Å²) < 4.78 is 0.807. The molecule has 1 saturated heterocycles. The van der Waals surface area contributed by atoms with Crippen molar-refractivity contribution in [3.8, 4) is 0 Å². The SMILES string of the molecule is NC(=S)Nc1cccc(Cl)c1N1CCN(C(=O)c2ccccc2Br)CC1. The van der Waals surface area contributed by atoms with Crippen molar-refractivity contribution < 1.29 is 4.79 Å². The molecule has 136 valence electrons. The first-order valence-corrected chi connectivity index (χ1v) is 9.69. The third-order valence-electron chi connectivity index (χ3n) is 4.23. The van der Waals surface area contributed by atoms with Gasteiger partial charge in [0, 0.05) is 30.7 Å². The zero-order valence-electron chi connectivity index (χ0n) is 13.9. The summed E-state index contributed by atoms with van der Waals surface area (Å²) in [7, 11) is 0. The second kappa shape index (κ2) is 8.24. The number of halogens is 2. The molecule has 1 aliphatic heterocycles. The molecule has 1 heterocycles. The average Bonchev–Trinajstić information content (AvgIpc) is 2.61. The summed E-state index contributed by atoms with van der Waals surface area (Å²) in [5.41, 5.74) is 7.92. The van der Waals surface area contributed by atoms with E-state index in [1.54, 1.807) is 0 Å². The predicted molar refractivity (Wildman–Crippen MR) is 114 cm³/mol. The second-order valence-electron chi connectivity index (χ2n) is 5.88. The number of nitrogens with two attached hydrogens (primary N) is 1. The fourth-order valence-corrected chi connectivity index (χ4v) is 3.87. The maximum absolute atomic E-state index is 12.7. The Labute approximate surface area is 171 Å². The second-order valence-corrected chi connectivity index (χ2v) is 7.59. The van der Waals surface area contributed by atoms with Crippen molar-refractivity contribution in [2.45, 2.75) is 0 Å². The lowest BCUT2D eigenvalue weighted by molar-refractivity contribution is 0.0746. The highest BCUT2D eigenvalue weighted by atomic mass is 79.9. The van der Waals surface area contributed by atoms with E-state index in [-0.39, 0.29) is 11.0 Å². The number of benzene rings is 2. The smallest absolute Gasteiger partial charge is 0.255 e. The van der Waals surface area contributed by atoms with Crippen LogP contribution in [0.5, 0.6) is 0 Å². The first-order chi connectivity index (χ1) is 12.5. The number of nitrogens with zero attached hydrogens (tertiary/aromatic N) is 2. The van der Waals surface area contributed by atoms with Crippen molar-refractivity contribution >= 4 is 62.1 Å². The topological polar surface area (TPSA) is 61.6 Å². The number of amides is 1. The van der Waals surface area contributed by atoms with Crippen LogP contribution in [0.4, 0.5) is 11.4 Å². The average molecular weight is 454 g/mol. The molecular weight excluding hydrogens is 436 g/mol. The van der Waals surface area contributed by atoms with E-state index in [2.05, 4.69) is 26.1 Å². The van der Waals surface area contributed by atoms with Gasteiger partial charge in [0.25, 0.3) is 5.91 Å². The Hall–Kier alpha value is -1.83. The van der Waals surface area contributed by atoms with Crippen LogP contribution in [0.3, 0.4) is 0 Å². The van der Waals surface area contributed by atoms with Crippen LogP contribution in [0, 0.1) is 0 Å². The number of para-hydroxylation sites is 1. The largest absolute Gasteiger partial charge is 0.376 e. The van der Waals surface area contributed by atoms with Crippen molar-refractivity contribution in [2.24, 2.45) is 5.73 Å². The Morgan fingerprint density at radius 1 is 1.12 bits per heavy atom. The van der Waals surface area contributed by atoms with Crippen LogP contribution >= 0.6 is 39.7 Å². The minimum atomic E-state index is 0.0257. The molecule has 1 amide bonds. The number of piperazine rings is 1. The zero-order chi connectivity index (χ0) is 18.7. The Morgan fingerprint density at radius 2 is 1.81 bits per heavy atom. The Bertz CT molecular complexity index is 840. The normalized spacial score (nSPS) is 14.2. The minimum Gasteiger partial charge on any atom is -0.376 e. The number of carbonyl (C=O) groups excluding carboxylic acids is 1. The van der Waals surface area contributed by atoms with Crippen molar-refractivity contribution in [3.63, 3.8) is 0 Å². The highest BCUT2D eigenvalue weighted by Crippen LogP contribution is 2.34. The van der Waals surface area contributed by atoms with Gasteiger partial charge in [-0.15, -0.1) is 0 Å². The van der Waals surface area contributed by atoms with Crippen LogP contribution in [-0.2, 0) is 0 Å². The van der Waals surface area contributed by atoms with E-state index in [0.717, 1.165) is 15.8 Å². The lowest BCUT2D eigenvalue weighted by Gasteiger charge is -2.37. The molecule has 0 bridgehead atoms. The summed E-state index contributed by atoms with van der Waals surface area (Å²) in [5.74, 6) is 0.0257. The predicted octanol–water partition coefficient (Wildman–Crippen LogP) is 3.72. The molecule has 0 saturated carbocycles. The quantitative estimate of drug-likeness (QED) is 0.694. The van der Waals surface area contributed by atoms with Gasteiger partial charge in [0.1, 0.15) is 0 Å². The molecule has 1 aliphatic rings. The molecule has 8 heteroatoms. The molecule has 26 heavy (non-hydrogen) atoms. The van der Waals surface area contributed by atoms with E-state index in [1.807, 2.05) is 47.4 Å². The highest BCUT2D eigenvalue weighted by molar-refractivity contribution is 9.10. The highest BCUT2D eigenvalue weighted by Gasteiger charge is 2.25. The monoisotopic (exact) mass is 452 g/mol. The Balaban J connectivity index is 1.74. The van der Waals surface area contributed by atoms with Gasteiger partial charge in [-0.25, -0.2) is 0 Å². The van der Waals surface area contributed by atoms with E-state index in [4.69, 9.17) is 29.6 Å². The van der Waals surface area contributed by atoms with E-state index >= 15 is 0 Å². The van der Waals surface area contributed by atoms with Crippen LogP contribution < -0.4 is 16.0 Å². The van der Waals surface area contributed by atoms with Gasteiger partial charge in [-0.2, -0.15) is 0 Å². The molecular formula is C18H18BrClN4OS. The maximum Gasteiger partial charge on any atom is 0.255 e. The van der Waals surface area contributed by atoms with Gasteiger partial charge >= 0.3 is 0 Å². The van der Waals surface area contributed by atoms with Crippen LogP contribution in [0.2, 0.25) is 5.02 Å². The molecule has 0 unspecified atom stereocenters. The third kappa shape index (κ3) is 4.11. The van der Waals surface area contributed by atoms with Crippen LogP contribution in [-0.4, -0.2) is 42.1 Å². The summed E-state index contributed by atoms with van der Waals surface area (Å²) in [6.07, 6.45) is 0. The third-order valence-corrected chi connectivity index (χ3v) is 5.33. The van der Waals surface area contributed by atoms with E-state index in [9.17, 15) is 4.79 Å². The summed E-state index contributed by atoms with van der Waals surface area (Å²) in [6, 6.07) is 13.0. The maximum atomic E-state index is 12.7. The lowest BCUT2D eigenvalue weighted by atomic mass is 10.1. The fraction of sp³-hybridized carbons (Fsp3) is 0.222. The summed E-state index contributed by atoms with van der Waals surface area (Å²) >= 11 is 14.8. The molecule has 0 aromatic heterocycles. The van der Waals surface area contributed by atoms with Gasteiger partial charge in [-0.3, -0.25) is 4.79 Å². The number of thiocarbonyl (C=S) groups is 1. The summed E-state index contributed by atoms with van der Waals surface area (Å²) in [6.45, 7) is 2.56. The van der Waals surface area contributed by atoms with Crippen molar-refractivity contribution in [3.05, 3.63) is 57.5 Å². The molecule has 0 atom stereocenters. The van der Waals surface area contributed by atoms with Gasteiger partial charge in [0.15, 0.2) is 5.11 Å². The molecule has 0 aliphatic carbocycles. The van der Waals surface area contributed by atoms with Crippen molar-refractivity contribution in [2.75, 3.05) is 36.4 Å². The van der Waals surface area contributed by atoms with Gasteiger partial charge in [-0.05, 0) is 52.4 Å². The molecule has 5 nitrogen and oxygen atoms in total. The number of rotatable bonds is 3. The standard InChI is InChI=1S/C18H18BrClN4OS/c19-13-5-2-1-4-12(13)17(25)24-10-8-23(9-11-24)16-14(20)6-3-7-15(16)22-18(21)26/h1-7H,8-11H2,(H3,21,22,26). The molecule has 0 spiro atoms. The number of nitrogens with one attached hydrogen (secondary N) is 1. The molecule has 2 aromatic carbocycles. The number of hydrogen-bond donors (Lipinski definition) is 2. The van der Waals surface area contributed by atoms with Gasteiger partial charge in [0.05, 0.1) is 22.0 Å². The number of carbonyl (C=O) groups is 1. The number of hydrogen-bond acceptors (Lipinski definition) is 3. The van der Waals surface area contributed by atoms with Crippen molar-refractivity contribution in [1.82, 2.24) is 4.90 Å². The molecule has 2 aromatic rings. The van der Waals surface area contributed by atoms with Crippen LogP contribution in [0.25, 0.3) is 0 Å². The minimum absolute atomic E-state index is 0.0257. The fourth-order valence-electron chi connectivity index (χ4n) is 3.01. The van der Waals surface area contributed by atoms with E-state index in [0.29, 0.717) is 36.8 Å². The number of anilines is 2. The Kier molecular flexibility index (Phi) is 6.01. The van der Waals surface area contributed by atoms with Gasteiger partial charge < -0.3 is 20.9 Å². The lowest BCUT2D eigenvalue weighted by Crippen LogP contribution is -2.49. The van der Waals surface area contributed by atoms with Gasteiger partial charge in [-0.1, -0.05) is 29.8 Å². The van der Waals surface area contributed by atoms with E-state index < -0.39 is 0 Å². The molecule has 3 rings (SSSR count). The molecule has 1 fully saturated rings. The molecule has 0 radical (unpaired) electrons. The summed E-state index contributed by atoms with van der Waals surface area (Å²) in [5, 5.41) is 3.79.